The van der Waals surface area contributed by atoms with Crippen LogP contribution in [0.15, 0.2) is 48.5 Å². The van der Waals surface area contributed by atoms with Crippen molar-refractivity contribution in [1.29, 1.82) is 0 Å². The van der Waals surface area contributed by atoms with Gasteiger partial charge in [0.05, 0.1) is 11.1 Å². The number of nitrogens with one attached hydrogen (secondary N) is 1. The van der Waals surface area contributed by atoms with E-state index in [1.54, 1.807) is 30.3 Å². The number of esters is 1. The molecule has 25 heavy (non-hydrogen) atoms. The molecule has 1 N–H and O–H groups in total. The molecule has 0 heterocycles. The first-order chi connectivity index (χ1) is 12.1. The summed E-state index contributed by atoms with van der Waals surface area (Å²) in [4.78, 5) is 24.2. The Hall–Kier alpha value is -2.69. The lowest BCUT2D eigenvalue weighted by Gasteiger charge is -2.21. The highest BCUT2D eigenvalue weighted by Crippen LogP contribution is 2.22. The quantitative estimate of drug-likeness (QED) is 0.829. The minimum absolute atomic E-state index is 0.00156. The molecule has 130 valence electrons. The highest BCUT2D eigenvalue weighted by Gasteiger charge is 2.19. The maximum atomic E-state index is 13.6. The molecule has 0 spiro atoms. The summed E-state index contributed by atoms with van der Waals surface area (Å²) in [6.07, 6.45) is 5.23. The van der Waals surface area contributed by atoms with Crippen molar-refractivity contribution in [2.75, 3.05) is 5.32 Å². The van der Waals surface area contributed by atoms with Crippen molar-refractivity contribution >= 4 is 17.6 Å². The van der Waals surface area contributed by atoms with Gasteiger partial charge in [-0.2, -0.15) is 0 Å². The van der Waals surface area contributed by atoms with Crippen LogP contribution in [0.3, 0.4) is 0 Å². The topological polar surface area (TPSA) is 55.4 Å². The van der Waals surface area contributed by atoms with Gasteiger partial charge in [0.15, 0.2) is 0 Å². The molecular formula is C20H20FNO3. The molecule has 1 saturated carbocycles. The molecule has 5 heteroatoms. The molecular weight excluding hydrogens is 321 g/mol. The first-order valence-electron chi connectivity index (χ1n) is 8.50. The number of ether oxygens (including phenoxy) is 1. The predicted octanol–water partition coefficient (Wildman–Crippen LogP) is 4.57. The average Bonchev–Trinajstić information content (AvgIpc) is 2.63. The minimum Gasteiger partial charge on any atom is -0.459 e. The van der Waals surface area contributed by atoms with Gasteiger partial charge in [0, 0.05) is 5.69 Å². The summed E-state index contributed by atoms with van der Waals surface area (Å²) in [7, 11) is 0. The molecule has 1 aliphatic rings. The van der Waals surface area contributed by atoms with Crippen molar-refractivity contribution in [3.05, 3.63) is 65.5 Å². The fraction of sp³-hybridized carbons (Fsp3) is 0.300. The number of rotatable bonds is 4. The number of amides is 1. The van der Waals surface area contributed by atoms with Crippen LogP contribution in [-0.2, 0) is 4.74 Å². The van der Waals surface area contributed by atoms with Crippen LogP contribution in [0.1, 0.15) is 52.8 Å². The number of carbonyl (C=O) groups is 2. The van der Waals surface area contributed by atoms with E-state index in [1.165, 1.54) is 24.6 Å². The van der Waals surface area contributed by atoms with E-state index < -0.39 is 11.7 Å². The van der Waals surface area contributed by atoms with Crippen LogP contribution in [0.4, 0.5) is 10.1 Å². The van der Waals surface area contributed by atoms with Gasteiger partial charge < -0.3 is 10.1 Å². The van der Waals surface area contributed by atoms with Crippen molar-refractivity contribution < 1.29 is 18.7 Å². The molecule has 2 aromatic rings. The summed E-state index contributed by atoms with van der Waals surface area (Å²) >= 11 is 0. The SMILES string of the molecule is O=C(OC1CCCCC1)c1ccc(NC(=O)c2ccccc2F)cc1. The van der Waals surface area contributed by atoms with Gasteiger partial charge in [-0.15, -0.1) is 0 Å². The molecule has 1 amide bonds. The number of carbonyl (C=O) groups excluding carboxylic acids is 2. The summed E-state index contributed by atoms with van der Waals surface area (Å²) in [5.74, 6) is -1.46. The maximum absolute atomic E-state index is 13.6. The fourth-order valence-corrected chi connectivity index (χ4v) is 2.94. The predicted molar refractivity (Wildman–Crippen MR) is 93.1 cm³/mol. The molecule has 0 aliphatic heterocycles. The molecule has 1 fully saturated rings. The molecule has 0 atom stereocenters. The Morgan fingerprint density at radius 1 is 0.960 bits per heavy atom. The Balaban J connectivity index is 1.61. The van der Waals surface area contributed by atoms with E-state index in [2.05, 4.69) is 5.32 Å². The second-order valence-electron chi connectivity index (χ2n) is 6.18. The molecule has 2 aromatic carbocycles. The molecule has 0 unspecified atom stereocenters. The molecule has 0 bridgehead atoms. The molecule has 0 saturated heterocycles. The first-order valence-corrected chi connectivity index (χ1v) is 8.50. The average molecular weight is 341 g/mol. The zero-order valence-corrected chi connectivity index (χ0v) is 13.8. The van der Waals surface area contributed by atoms with Gasteiger partial charge in [0.1, 0.15) is 11.9 Å². The van der Waals surface area contributed by atoms with Crippen LogP contribution in [0.25, 0.3) is 0 Å². The normalized spacial score (nSPS) is 14.8. The lowest BCUT2D eigenvalue weighted by Crippen LogP contribution is -2.21. The zero-order valence-electron chi connectivity index (χ0n) is 13.8. The smallest absolute Gasteiger partial charge is 0.338 e. The summed E-state index contributed by atoms with van der Waals surface area (Å²) in [6, 6.07) is 12.2. The summed E-state index contributed by atoms with van der Waals surface area (Å²) in [6.45, 7) is 0. The minimum atomic E-state index is -0.576. The van der Waals surface area contributed by atoms with Crippen LogP contribution < -0.4 is 5.32 Å². The van der Waals surface area contributed by atoms with Crippen LogP contribution in [0.2, 0.25) is 0 Å². The van der Waals surface area contributed by atoms with Crippen molar-refractivity contribution in [3.8, 4) is 0 Å². The highest BCUT2D eigenvalue weighted by molar-refractivity contribution is 6.04. The van der Waals surface area contributed by atoms with E-state index in [0.717, 1.165) is 25.7 Å². The number of benzene rings is 2. The zero-order chi connectivity index (χ0) is 17.6. The molecule has 4 nitrogen and oxygen atoms in total. The van der Waals surface area contributed by atoms with E-state index in [4.69, 9.17) is 4.74 Å². The Kier molecular flexibility index (Phi) is 5.43. The van der Waals surface area contributed by atoms with Crippen LogP contribution >= 0.6 is 0 Å². The number of hydrogen-bond donors (Lipinski definition) is 1. The lowest BCUT2D eigenvalue weighted by atomic mass is 9.98. The van der Waals surface area contributed by atoms with Crippen molar-refractivity contribution in [2.45, 2.75) is 38.2 Å². The summed E-state index contributed by atoms with van der Waals surface area (Å²) in [5, 5.41) is 2.62. The van der Waals surface area contributed by atoms with Crippen LogP contribution in [0.5, 0.6) is 0 Å². The van der Waals surface area contributed by atoms with E-state index in [9.17, 15) is 14.0 Å². The third kappa shape index (κ3) is 4.44. The Labute approximate surface area is 146 Å². The third-order valence-corrected chi connectivity index (χ3v) is 4.32. The van der Waals surface area contributed by atoms with Crippen LogP contribution in [0, 0.1) is 5.82 Å². The first kappa shape index (κ1) is 17.1. The van der Waals surface area contributed by atoms with Gasteiger partial charge in [0.25, 0.3) is 5.91 Å². The van der Waals surface area contributed by atoms with Crippen molar-refractivity contribution in [2.24, 2.45) is 0 Å². The van der Waals surface area contributed by atoms with Gasteiger partial charge in [-0.25, -0.2) is 9.18 Å². The largest absolute Gasteiger partial charge is 0.459 e. The standard InChI is InChI=1S/C20H20FNO3/c21-18-9-5-4-8-17(18)19(23)22-15-12-10-14(11-13-15)20(24)25-16-6-2-1-3-7-16/h4-5,8-13,16H,1-3,6-7H2,(H,22,23). The van der Waals surface area contributed by atoms with E-state index in [0.29, 0.717) is 11.3 Å². The van der Waals surface area contributed by atoms with Gasteiger partial charge in [-0.3, -0.25) is 4.79 Å². The van der Waals surface area contributed by atoms with Gasteiger partial charge in [-0.05, 0) is 62.1 Å². The Bertz CT molecular complexity index is 752. The second-order valence-corrected chi connectivity index (χ2v) is 6.18. The molecule has 1 aliphatic carbocycles. The Morgan fingerprint density at radius 3 is 2.32 bits per heavy atom. The number of halogens is 1. The van der Waals surface area contributed by atoms with E-state index in [1.807, 2.05) is 0 Å². The maximum Gasteiger partial charge on any atom is 0.338 e. The third-order valence-electron chi connectivity index (χ3n) is 4.32. The van der Waals surface area contributed by atoms with E-state index >= 15 is 0 Å². The van der Waals surface area contributed by atoms with E-state index in [-0.39, 0.29) is 17.6 Å². The fourth-order valence-electron chi connectivity index (χ4n) is 2.94. The summed E-state index contributed by atoms with van der Waals surface area (Å²) < 4.78 is 19.1. The molecule has 0 radical (unpaired) electrons. The number of hydrogen-bond acceptors (Lipinski definition) is 3. The molecule has 3 rings (SSSR count). The highest BCUT2D eigenvalue weighted by atomic mass is 19.1. The number of anilines is 1. The lowest BCUT2D eigenvalue weighted by molar-refractivity contribution is 0.0211. The Morgan fingerprint density at radius 2 is 1.64 bits per heavy atom. The molecule has 0 aromatic heterocycles. The summed E-state index contributed by atoms with van der Waals surface area (Å²) in [5.41, 5.74) is 0.903. The van der Waals surface area contributed by atoms with Crippen molar-refractivity contribution in [3.63, 3.8) is 0 Å². The van der Waals surface area contributed by atoms with Crippen LogP contribution in [-0.4, -0.2) is 18.0 Å². The second kappa shape index (κ2) is 7.92. The van der Waals surface area contributed by atoms with Crippen molar-refractivity contribution in [1.82, 2.24) is 0 Å². The van der Waals surface area contributed by atoms with Gasteiger partial charge >= 0.3 is 5.97 Å². The monoisotopic (exact) mass is 341 g/mol. The van der Waals surface area contributed by atoms with Gasteiger partial charge in [0.2, 0.25) is 0 Å². The van der Waals surface area contributed by atoms with Gasteiger partial charge in [-0.1, -0.05) is 18.6 Å².